The third-order valence-corrected chi connectivity index (χ3v) is 3.81. The molecule has 0 fully saturated rings. The number of pyridine rings is 1. The first-order valence-corrected chi connectivity index (χ1v) is 7.80. The smallest absolute Gasteiger partial charge is 0.213 e. The molecule has 0 unspecified atom stereocenters. The molecule has 0 spiro atoms. The molecule has 5 heteroatoms. The van der Waals surface area contributed by atoms with Gasteiger partial charge in [-0.05, 0) is 34.9 Å². The normalized spacial score (nSPS) is 10.0. The maximum atomic E-state index is 5.85. The Morgan fingerprint density at radius 3 is 2.44 bits per heavy atom. The minimum Gasteiger partial charge on any atom is -0.497 e. The topological polar surface area (TPSA) is 57.4 Å². The van der Waals surface area contributed by atoms with Gasteiger partial charge >= 0.3 is 0 Å². The Morgan fingerprint density at radius 1 is 1.00 bits per heavy atom. The van der Waals surface area contributed by atoms with E-state index in [0.717, 1.165) is 28.0 Å². The van der Waals surface area contributed by atoms with Crippen molar-refractivity contribution in [3.63, 3.8) is 0 Å². The highest BCUT2D eigenvalue weighted by atomic mass is 35.5. The summed E-state index contributed by atoms with van der Waals surface area (Å²) >= 11 is 0. The number of nitrogens with zero attached hydrogens (tertiary/aromatic N) is 1. The van der Waals surface area contributed by atoms with Gasteiger partial charge in [0.25, 0.3) is 0 Å². The predicted octanol–water partition coefficient (Wildman–Crippen LogP) is 4.22. The third kappa shape index (κ3) is 4.72. The predicted molar refractivity (Wildman–Crippen MR) is 102 cm³/mol. The molecule has 0 aliphatic heterocycles. The summed E-state index contributed by atoms with van der Waals surface area (Å²) in [6.45, 7) is 0.947. The molecule has 0 amide bonds. The van der Waals surface area contributed by atoms with E-state index in [-0.39, 0.29) is 12.4 Å². The number of benzene rings is 2. The lowest BCUT2D eigenvalue weighted by Crippen LogP contribution is -2.00. The van der Waals surface area contributed by atoms with Gasteiger partial charge in [-0.1, -0.05) is 36.4 Å². The fourth-order valence-corrected chi connectivity index (χ4v) is 2.50. The van der Waals surface area contributed by atoms with Gasteiger partial charge in [-0.2, -0.15) is 0 Å². The first kappa shape index (κ1) is 18.8. The fourth-order valence-electron chi connectivity index (χ4n) is 2.50. The highest BCUT2D eigenvalue weighted by Crippen LogP contribution is 2.27. The van der Waals surface area contributed by atoms with Crippen molar-refractivity contribution in [1.29, 1.82) is 0 Å². The van der Waals surface area contributed by atoms with E-state index in [1.165, 1.54) is 0 Å². The minimum absolute atomic E-state index is 0. The molecule has 130 valence electrons. The summed E-state index contributed by atoms with van der Waals surface area (Å²) in [4.78, 5) is 4.39. The van der Waals surface area contributed by atoms with Crippen molar-refractivity contribution >= 4 is 12.4 Å². The molecular weight excluding hydrogens is 336 g/mol. The van der Waals surface area contributed by atoms with Crippen LogP contribution in [0.5, 0.6) is 11.6 Å². The second kappa shape index (κ2) is 9.06. The van der Waals surface area contributed by atoms with E-state index in [4.69, 9.17) is 15.2 Å². The van der Waals surface area contributed by atoms with E-state index in [1.54, 1.807) is 13.3 Å². The third-order valence-electron chi connectivity index (χ3n) is 3.81. The van der Waals surface area contributed by atoms with Crippen LogP contribution in [0, 0.1) is 0 Å². The van der Waals surface area contributed by atoms with E-state index in [1.807, 2.05) is 60.7 Å². The van der Waals surface area contributed by atoms with Gasteiger partial charge in [-0.15, -0.1) is 12.4 Å². The molecule has 0 aliphatic rings. The van der Waals surface area contributed by atoms with E-state index in [9.17, 15) is 0 Å². The number of aromatic nitrogens is 1. The molecule has 0 radical (unpaired) electrons. The lowest BCUT2D eigenvalue weighted by atomic mass is 10.0. The van der Waals surface area contributed by atoms with Gasteiger partial charge in [-0.25, -0.2) is 4.98 Å². The Morgan fingerprint density at radius 2 is 1.80 bits per heavy atom. The first-order chi connectivity index (χ1) is 11.8. The van der Waals surface area contributed by atoms with Crippen LogP contribution in [-0.4, -0.2) is 12.1 Å². The largest absolute Gasteiger partial charge is 0.497 e. The number of methoxy groups -OCH3 is 1. The Balaban J connectivity index is 0.00000225. The van der Waals surface area contributed by atoms with Crippen molar-refractivity contribution in [3.05, 3.63) is 78.0 Å². The van der Waals surface area contributed by atoms with Crippen LogP contribution < -0.4 is 15.2 Å². The zero-order chi connectivity index (χ0) is 16.8. The second-order valence-corrected chi connectivity index (χ2v) is 5.39. The minimum atomic E-state index is 0. The van der Waals surface area contributed by atoms with E-state index < -0.39 is 0 Å². The zero-order valence-electron chi connectivity index (χ0n) is 14.0. The first-order valence-electron chi connectivity index (χ1n) is 7.80. The van der Waals surface area contributed by atoms with Gasteiger partial charge < -0.3 is 15.2 Å². The van der Waals surface area contributed by atoms with Crippen LogP contribution in [0.1, 0.15) is 11.1 Å². The molecule has 25 heavy (non-hydrogen) atoms. The standard InChI is InChI=1S/C20H20N2O2.ClH/c1-23-18-8-9-19(17(11-18)12-21)16-7-10-20(22-13-16)24-14-15-5-3-2-4-6-15;/h2-11,13H,12,14,21H2,1H3;1H. The summed E-state index contributed by atoms with van der Waals surface area (Å²) < 4.78 is 11.0. The molecule has 0 saturated carbocycles. The molecule has 0 aliphatic carbocycles. The number of nitrogens with two attached hydrogens (primary N) is 1. The number of rotatable bonds is 6. The molecule has 1 heterocycles. The van der Waals surface area contributed by atoms with Crippen molar-refractivity contribution in [3.8, 4) is 22.8 Å². The summed E-state index contributed by atoms with van der Waals surface area (Å²) in [5.41, 5.74) is 10.1. The zero-order valence-corrected chi connectivity index (χ0v) is 14.8. The van der Waals surface area contributed by atoms with Gasteiger partial charge in [0.05, 0.1) is 7.11 Å². The Bertz CT molecular complexity index is 793. The molecule has 0 saturated heterocycles. The van der Waals surface area contributed by atoms with Crippen molar-refractivity contribution < 1.29 is 9.47 Å². The quantitative estimate of drug-likeness (QED) is 0.718. The fraction of sp³-hybridized carbons (Fsp3) is 0.150. The second-order valence-electron chi connectivity index (χ2n) is 5.39. The van der Waals surface area contributed by atoms with Crippen molar-refractivity contribution in [2.75, 3.05) is 7.11 Å². The van der Waals surface area contributed by atoms with Crippen LogP contribution in [0.15, 0.2) is 66.9 Å². The van der Waals surface area contributed by atoms with Crippen molar-refractivity contribution in [2.45, 2.75) is 13.2 Å². The Hall–Kier alpha value is -2.56. The molecular formula is C20H21ClN2O2. The Labute approximate surface area is 154 Å². The van der Waals surface area contributed by atoms with E-state index in [0.29, 0.717) is 19.0 Å². The molecule has 3 aromatic rings. The monoisotopic (exact) mass is 356 g/mol. The molecule has 2 aromatic carbocycles. The number of halogens is 1. The van der Waals surface area contributed by atoms with E-state index >= 15 is 0 Å². The lowest BCUT2D eigenvalue weighted by Gasteiger charge is -2.11. The molecule has 1 aromatic heterocycles. The van der Waals surface area contributed by atoms with Crippen LogP contribution in [0.25, 0.3) is 11.1 Å². The summed E-state index contributed by atoms with van der Waals surface area (Å²) in [5, 5.41) is 0. The average Bonchev–Trinajstić information content (AvgIpc) is 2.67. The Kier molecular flexibility index (Phi) is 6.81. The highest BCUT2D eigenvalue weighted by Gasteiger charge is 2.07. The molecule has 0 bridgehead atoms. The number of hydrogen-bond donors (Lipinski definition) is 1. The maximum absolute atomic E-state index is 5.85. The van der Waals surface area contributed by atoms with Gasteiger partial charge in [0.2, 0.25) is 5.88 Å². The van der Waals surface area contributed by atoms with Gasteiger partial charge in [-0.3, -0.25) is 0 Å². The summed E-state index contributed by atoms with van der Waals surface area (Å²) in [7, 11) is 1.65. The summed E-state index contributed by atoms with van der Waals surface area (Å²) in [6.07, 6.45) is 1.81. The number of ether oxygens (including phenoxy) is 2. The summed E-state index contributed by atoms with van der Waals surface area (Å²) in [5.74, 6) is 1.40. The lowest BCUT2D eigenvalue weighted by molar-refractivity contribution is 0.294. The van der Waals surface area contributed by atoms with E-state index in [2.05, 4.69) is 4.98 Å². The molecule has 2 N–H and O–H groups in total. The van der Waals surface area contributed by atoms with Crippen molar-refractivity contribution in [1.82, 2.24) is 4.98 Å². The van der Waals surface area contributed by atoms with Crippen LogP contribution >= 0.6 is 12.4 Å². The van der Waals surface area contributed by atoms with Crippen molar-refractivity contribution in [2.24, 2.45) is 5.73 Å². The van der Waals surface area contributed by atoms with Gasteiger partial charge in [0.15, 0.2) is 0 Å². The molecule has 4 nitrogen and oxygen atoms in total. The SMILES string of the molecule is COc1ccc(-c2ccc(OCc3ccccc3)nc2)c(CN)c1.Cl. The van der Waals surface area contributed by atoms with Crippen LogP contribution in [0.2, 0.25) is 0 Å². The summed E-state index contributed by atoms with van der Waals surface area (Å²) in [6, 6.07) is 19.8. The maximum Gasteiger partial charge on any atom is 0.213 e. The van der Waals surface area contributed by atoms with Gasteiger partial charge in [0, 0.05) is 24.4 Å². The average molecular weight is 357 g/mol. The number of hydrogen-bond acceptors (Lipinski definition) is 4. The molecule has 3 rings (SSSR count). The highest BCUT2D eigenvalue weighted by molar-refractivity contribution is 5.85. The van der Waals surface area contributed by atoms with Crippen LogP contribution in [-0.2, 0) is 13.2 Å². The van der Waals surface area contributed by atoms with Gasteiger partial charge in [0.1, 0.15) is 12.4 Å². The van der Waals surface area contributed by atoms with Crippen LogP contribution in [0.3, 0.4) is 0 Å². The van der Waals surface area contributed by atoms with Crippen LogP contribution in [0.4, 0.5) is 0 Å². The molecule has 0 atom stereocenters.